The molecular weight excluding hydrogens is 295 g/mol. The zero-order valence-electron chi connectivity index (χ0n) is 10.5. The smallest absolute Gasteiger partial charge is 0 e. The van der Waals surface area contributed by atoms with Gasteiger partial charge in [0.15, 0.2) is 0 Å². The van der Waals surface area contributed by atoms with E-state index >= 15 is 0 Å². The van der Waals surface area contributed by atoms with E-state index in [1.165, 1.54) is 27.5 Å². The van der Waals surface area contributed by atoms with Gasteiger partial charge in [-0.2, -0.15) is 12.1 Å². The largest absolute Gasteiger partial charge is 0.168 e. The average Bonchev–Trinajstić information content (AvgIpc) is 2.86. The molecule has 0 saturated heterocycles. The van der Waals surface area contributed by atoms with E-state index in [1.54, 1.807) is 0 Å². The van der Waals surface area contributed by atoms with Crippen molar-refractivity contribution in [3.05, 3.63) is 66.2 Å². The van der Waals surface area contributed by atoms with Gasteiger partial charge in [-0.25, -0.2) is 0 Å². The Balaban J connectivity index is 0.00000120. The molecule has 88 valence electrons. The number of hydrogen-bond donors (Lipinski definition) is 0. The monoisotopic (exact) mass is 309 g/mol. The van der Waals surface area contributed by atoms with Gasteiger partial charge >= 0.3 is 0 Å². The van der Waals surface area contributed by atoms with Crippen molar-refractivity contribution in [2.24, 2.45) is 0 Å². The van der Waals surface area contributed by atoms with Gasteiger partial charge in [0.1, 0.15) is 0 Å². The summed E-state index contributed by atoms with van der Waals surface area (Å²) in [5.41, 5.74) is 4.15. The van der Waals surface area contributed by atoms with E-state index in [0.717, 1.165) is 6.42 Å². The first-order valence-electron chi connectivity index (χ1n) is 6.13. The summed E-state index contributed by atoms with van der Waals surface area (Å²) in [6.45, 7) is 2.22. The van der Waals surface area contributed by atoms with Gasteiger partial charge in [0.05, 0.1) is 0 Å². The van der Waals surface area contributed by atoms with Crippen LogP contribution in [0.2, 0.25) is 0 Å². The van der Waals surface area contributed by atoms with Crippen LogP contribution < -0.4 is 0 Å². The fourth-order valence-electron chi connectivity index (χ4n) is 2.49. The summed E-state index contributed by atoms with van der Waals surface area (Å²) in [5, 5.41) is 2.71. The molecule has 0 aliphatic carbocycles. The minimum atomic E-state index is 0. The van der Waals surface area contributed by atoms with Crippen molar-refractivity contribution in [2.45, 2.75) is 13.3 Å². The Morgan fingerprint density at radius 1 is 0.944 bits per heavy atom. The molecule has 3 aromatic rings. The third-order valence-corrected chi connectivity index (χ3v) is 3.35. The van der Waals surface area contributed by atoms with Crippen molar-refractivity contribution >= 4 is 10.8 Å². The van der Waals surface area contributed by atoms with Crippen molar-refractivity contribution in [1.29, 1.82) is 0 Å². The summed E-state index contributed by atoms with van der Waals surface area (Å²) in [4.78, 5) is 0. The first-order chi connectivity index (χ1) is 8.40. The molecular formula is C17H15Zr-. The van der Waals surface area contributed by atoms with Crippen LogP contribution in [-0.2, 0) is 32.6 Å². The molecule has 18 heavy (non-hydrogen) atoms. The average molecular weight is 311 g/mol. The molecule has 0 nitrogen and oxygen atoms in total. The van der Waals surface area contributed by atoms with Crippen LogP contribution in [0, 0.1) is 0 Å². The van der Waals surface area contributed by atoms with Crippen LogP contribution in [0.25, 0.3) is 21.9 Å². The van der Waals surface area contributed by atoms with E-state index in [9.17, 15) is 0 Å². The molecule has 0 aromatic heterocycles. The molecule has 1 heteroatoms. The molecule has 0 spiro atoms. The van der Waals surface area contributed by atoms with E-state index in [1.807, 2.05) is 0 Å². The van der Waals surface area contributed by atoms with Crippen LogP contribution in [-0.4, -0.2) is 0 Å². The minimum Gasteiger partial charge on any atom is -0.168 e. The van der Waals surface area contributed by atoms with E-state index < -0.39 is 0 Å². The molecule has 0 aliphatic heterocycles. The number of rotatable bonds is 2. The molecule has 3 rings (SSSR count). The molecule has 0 fully saturated rings. The van der Waals surface area contributed by atoms with Gasteiger partial charge in [0.25, 0.3) is 0 Å². The summed E-state index contributed by atoms with van der Waals surface area (Å²) < 4.78 is 0. The van der Waals surface area contributed by atoms with Crippen molar-refractivity contribution in [2.75, 3.05) is 0 Å². The summed E-state index contributed by atoms with van der Waals surface area (Å²) in [6, 6.07) is 21.7. The zero-order chi connectivity index (χ0) is 11.7. The van der Waals surface area contributed by atoms with E-state index in [0.29, 0.717) is 0 Å². The normalized spacial score (nSPS) is 10.3. The maximum absolute atomic E-state index is 2.25. The van der Waals surface area contributed by atoms with Crippen molar-refractivity contribution < 1.29 is 26.2 Å². The number of hydrogen-bond acceptors (Lipinski definition) is 0. The summed E-state index contributed by atoms with van der Waals surface area (Å²) in [7, 11) is 0. The van der Waals surface area contributed by atoms with Gasteiger partial charge in [-0.3, -0.25) is 0 Å². The van der Waals surface area contributed by atoms with Gasteiger partial charge in [-0.15, -0.1) is 29.0 Å². The Bertz CT molecular complexity index is 635. The second-order valence-electron chi connectivity index (χ2n) is 4.35. The Hall–Kier alpha value is -1.07. The van der Waals surface area contributed by atoms with Gasteiger partial charge in [-0.05, 0) is 12.0 Å². The van der Waals surface area contributed by atoms with Crippen molar-refractivity contribution in [1.82, 2.24) is 0 Å². The molecule has 0 unspecified atom stereocenters. The van der Waals surface area contributed by atoms with E-state index in [2.05, 4.69) is 67.6 Å². The first-order valence-corrected chi connectivity index (χ1v) is 6.13. The molecule has 0 N–H and O–H groups in total. The van der Waals surface area contributed by atoms with Crippen molar-refractivity contribution in [3.63, 3.8) is 0 Å². The van der Waals surface area contributed by atoms with Crippen LogP contribution in [0.5, 0.6) is 0 Å². The fourth-order valence-corrected chi connectivity index (χ4v) is 2.49. The maximum Gasteiger partial charge on any atom is 0 e. The van der Waals surface area contributed by atoms with Crippen LogP contribution in [0.3, 0.4) is 0 Å². The van der Waals surface area contributed by atoms with Crippen LogP contribution in [0.15, 0.2) is 60.7 Å². The second-order valence-corrected chi connectivity index (χ2v) is 4.35. The quantitative estimate of drug-likeness (QED) is 0.597. The third-order valence-electron chi connectivity index (χ3n) is 3.35. The van der Waals surface area contributed by atoms with Gasteiger partial charge in [0, 0.05) is 26.2 Å². The molecule has 3 aromatic carbocycles. The predicted octanol–water partition coefficient (Wildman–Crippen LogP) is 4.79. The fraction of sp³-hybridized carbons (Fsp3) is 0.118. The topological polar surface area (TPSA) is 0 Å². The Kier molecular flexibility index (Phi) is 4.24. The number of benzene rings is 2. The SMILES string of the molecule is CCc1ccc2[cH-]ccc2c1-c1ccccc1.[Zr]. The molecule has 0 heterocycles. The summed E-state index contributed by atoms with van der Waals surface area (Å²) in [5.74, 6) is 0. The van der Waals surface area contributed by atoms with Gasteiger partial charge in [-0.1, -0.05) is 48.4 Å². The first kappa shape index (κ1) is 13.4. The predicted molar refractivity (Wildman–Crippen MR) is 74.4 cm³/mol. The van der Waals surface area contributed by atoms with E-state index in [-0.39, 0.29) is 26.2 Å². The Labute approximate surface area is 127 Å². The van der Waals surface area contributed by atoms with E-state index in [4.69, 9.17) is 0 Å². The van der Waals surface area contributed by atoms with Crippen LogP contribution in [0.1, 0.15) is 12.5 Å². The zero-order valence-corrected chi connectivity index (χ0v) is 12.9. The van der Waals surface area contributed by atoms with Gasteiger partial charge in [0.2, 0.25) is 0 Å². The molecule has 0 amide bonds. The number of aryl methyl sites for hydroxylation is 1. The standard InChI is InChI=1S/C17H15.Zr/c1-2-13-11-12-14-9-6-10-16(14)17(13)15-7-4-3-5-8-15;/h3-12H,2H2,1H3;/q-1;. The summed E-state index contributed by atoms with van der Waals surface area (Å²) >= 11 is 0. The second kappa shape index (κ2) is 5.72. The molecule has 0 aliphatic rings. The molecule has 0 radical (unpaired) electrons. The molecule has 0 saturated carbocycles. The summed E-state index contributed by atoms with van der Waals surface area (Å²) in [6.07, 6.45) is 1.07. The molecule has 0 bridgehead atoms. The Morgan fingerprint density at radius 3 is 2.44 bits per heavy atom. The maximum atomic E-state index is 2.25. The van der Waals surface area contributed by atoms with Crippen LogP contribution in [0.4, 0.5) is 0 Å². The third kappa shape index (κ3) is 2.25. The van der Waals surface area contributed by atoms with Gasteiger partial charge < -0.3 is 0 Å². The van der Waals surface area contributed by atoms with Crippen molar-refractivity contribution in [3.8, 4) is 11.1 Å². The molecule has 0 atom stereocenters. The van der Waals surface area contributed by atoms with Crippen LogP contribution >= 0.6 is 0 Å². The Morgan fingerprint density at radius 2 is 1.72 bits per heavy atom. The minimum absolute atomic E-state index is 0. The number of fused-ring (bicyclic) bond motifs is 1.